The van der Waals surface area contributed by atoms with E-state index in [0.717, 1.165) is 5.03 Å². The Kier molecular flexibility index (Phi) is 5.82. The van der Waals surface area contributed by atoms with Gasteiger partial charge in [-0.05, 0) is 37.1 Å². The second-order valence-electron chi connectivity index (χ2n) is 5.49. The first-order valence-electron chi connectivity index (χ1n) is 6.30. The van der Waals surface area contributed by atoms with E-state index < -0.39 is 0 Å². The van der Waals surface area contributed by atoms with E-state index in [0.29, 0.717) is 18.5 Å². The molecule has 0 aromatic carbocycles. The average molecular weight is 282 g/mol. The Morgan fingerprint density at radius 1 is 1.58 bits per heavy atom. The van der Waals surface area contributed by atoms with Crippen LogP contribution in [0.2, 0.25) is 0 Å². The number of carbonyl (C=O) groups is 1. The number of carbonyl (C=O) groups excluding carboxylic acids is 1. The summed E-state index contributed by atoms with van der Waals surface area (Å²) in [6.45, 7) is 6.35. The summed E-state index contributed by atoms with van der Waals surface area (Å²) in [7, 11) is 0. The summed E-state index contributed by atoms with van der Waals surface area (Å²) < 4.78 is 0. The van der Waals surface area contributed by atoms with Crippen LogP contribution in [0.4, 0.5) is 0 Å². The van der Waals surface area contributed by atoms with Gasteiger partial charge >= 0.3 is 0 Å². The van der Waals surface area contributed by atoms with Gasteiger partial charge in [0.2, 0.25) is 0 Å². The van der Waals surface area contributed by atoms with Gasteiger partial charge in [-0.2, -0.15) is 0 Å². The van der Waals surface area contributed by atoms with Crippen LogP contribution in [0.1, 0.15) is 37.6 Å². The van der Waals surface area contributed by atoms with Crippen molar-refractivity contribution >= 4 is 17.7 Å². The van der Waals surface area contributed by atoms with Crippen molar-refractivity contribution in [2.45, 2.75) is 38.3 Å². The Labute approximate surface area is 119 Å². The maximum Gasteiger partial charge on any atom is 0.251 e. The van der Waals surface area contributed by atoms with Crippen LogP contribution in [0, 0.1) is 5.41 Å². The lowest BCUT2D eigenvalue weighted by atomic mass is 9.87. The monoisotopic (exact) mass is 282 g/mol. The number of nitrogens with zero attached hydrogens (tertiary/aromatic N) is 1. The van der Waals surface area contributed by atoms with E-state index in [1.54, 1.807) is 25.3 Å². The summed E-state index contributed by atoms with van der Waals surface area (Å²) in [5, 5.41) is 13.2. The molecule has 0 aliphatic carbocycles. The number of thioether (sulfide) groups is 1. The van der Waals surface area contributed by atoms with Crippen molar-refractivity contribution in [2.75, 3.05) is 12.8 Å². The van der Waals surface area contributed by atoms with Crippen molar-refractivity contribution in [1.82, 2.24) is 10.3 Å². The number of hydrogen-bond donors (Lipinski definition) is 2. The highest BCUT2D eigenvalue weighted by molar-refractivity contribution is 7.98. The predicted octanol–water partition coefficient (Wildman–Crippen LogP) is 2.33. The normalized spacial score (nSPS) is 13.1. The SMILES string of the molecule is CSc1cc(C(=O)NCC(C)(C)CC(C)O)ccn1. The zero-order chi connectivity index (χ0) is 14.5. The molecule has 1 atom stereocenters. The number of pyridine rings is 1. The zero-order valence-electron chi connectivity index (χ0n) is 11.9. The summed E-state index contributed by atoms with van der Waals surface area (Å²) in [5.74, 6) is -0.101. The van der Waals surface area contributed by atoms with Gasteiger partial charge in [0.05, 0.1) is 11.1 Å². The van der Waals surface area contributed by atoms with Crippen molar-refractivity contribution in [1.29, 1.82) is 0 Å². The molecule has 0 bridgehead atoms. The van der Waals surface area contributed by atoms with Gasteiger partial charge in [0, 0.05) is 18.3 Å². The fourth-order valence-electron chi connectivity index (χ4n) is 1.96. The second kappa shape index (κ2) is 6.91. The molecule has 1 amide bonds. The van der Waals surface area contributed by atoms with E-state index in [4.69, 9.17) is 0 Å². The van der Waals surface area contributed by atoms with Crippen molar-refractivity contribution in [2.24, 2.45) is 5.41 Å². The fourth-order valence-corrected chi connectivity index (χ4v) is 2.37. The lowest BCUT2D eigenvalue weighted by Gasteiger charge is -2.26. The van der Waals surface area contributed by atoms with Crippen LogP contribution in [0.3, 0.4) is 0 Å². The van der Waals surface area contributed by atoms with Crippen molar-refractivity contribution in [3.8, 4) is 0 Å². The zero-order valence-corrected chi connectivity index (χ0v) is 12.8. The number of aromatic nitrogens is 1. The molecule has 4 nitrogen and oxygen atoms in total. The minimum Gasteiger partial charge on any atom is -0.393 e. The van der Waals surface area contributed by atoms with Crippen LogP contribution in [-0.4, -0.2) is 34.9 Å². The van der Waals surface area contributed by atoms with Crippen LogP contribution in [0.15, 0.2) is 23.4 Å². The van der Waals surface area contributed by atoms with Crippen molar-refractivity contribution < 1.29 is 9.90 Å². The number of amides is 1. The molecule has 1 heterocycles. The topological polar surface area (TPSA) is 62.2 Å². The molecule has 0 aliphatic heterocycles. The van der Waals surface area contributed by atoms with Gasteiger partial charge in [0.15, 0.2) is 0 Å². The largest absolute Gasteiger partial charge is 0.393 e. The average Bonchev–Trinajstić information content (AvgIpc) is 2.34. The first kappa shape index (κ1) is 16.0. The number of aliphatic hydroxyl groups is 1. The maximum atomic E-state index is 12.0. The molecule has 0 saturated carbocycles. The molecule has 106 valence electrons. The van der Waals surface area contributed by atoms with Crippen LogP contribution in [0.5, 0.6) is 0 Å². The van der Waals surface area contributed by atoms with E-state index in [-0.39, 0.29) is 17.4 Å². The Morgan fingerprint density at radius 3 is 2.84 bits per heavy atom. The second-order valence-corrected chi connectivity index (χ2v) is 6.31. The Bertz CT molecular complexity index is 433. The van der Waals surface area contributed by atoms with Crippen LogP contribution in [-0.2, 0) is 0 Å². The number of hydrogen-bond acceptors (Lipinski definition) is 4. The molecular weight excluding hydrogens is 260 g/mol. The molecular formula is C14H22N2O2S. The molecule has 1 aromatic rings. The van der Waals surface area contributed by atoms with E-state index in [1.807, 2.05) is 20.1 Å². The molecule has 19 heavy (non-hydrogen) atoms. The van der Waals surface area contributed by atoms with Gasteiger partial charge in [0.25, 0.3) is 5.91 Å². The third-order valence-electron chi connectivity index (χ3n) is 2.78. The van der Waals surface area contributed by atoms with E-state index in [9.17, 15) is 9.90 Å². The Balaban J connectivity index is 2.60. The molecule has 0 saturated heterocycles. The molecule has 1 rings (SSSR count). The molecule has 0 fully saturated rings. The predicted molar refractivity (Wildman–Crippen MR) is 78.4 cm³/mol. The smallest absolute Gasteiger partial charge is 0.251 e. The highest BCUT2D eigenvalue weighted by Crippen LogP contribution is 2.21. The standard InChI is InChI=1S/C14H22N2O2S/c1-10(17)8-14(2,3)9-16-13(18)11-5-6-15-12(7-11)19-4/h5-7,10,17H,8-9H2,1-4H3,(H,16,18). The van der Waals surface area contributed by atoms with Gasteiger partial charge in [-0.3, -0.25) is 4.79 Å². The Morgan fingerprint density at radius 2 is 2.26 bits per heavy atom. The minimum atomic E-state index is -0.365. The third kappa shape index (κ3) is 5.61. The summed E-state index contributed by atoms with van der Waals surface area (Å²) >= 11 is 1.51. The molecule has 5 heteroatoms. The quantitative estimate of drug-likeness (QED) is 0.786. The van der Waals surface area contributed by atoms with Gasteiger partial charge in [-0.15, -0.1) is 11.8 Å². The first-order chi connectivity index (χ1) is 8.84. The van der Waals surface area contributed by atoms with E-state index in [2.05, 4.69) is 10.3 Å². The number of aliphatic hydroxyl groups excluding tert-OH is 1. The first-order valence-corrected chi connectivity index (χ1v) is 7.53. The van der Waals surface area contributed by atoms with Crippen molar-refractivity contribution in [3.63, 3.8) is 0 Å². The third-order valence-corrected chi connectivity index (χ3v) is 3.42. The summed E-state index contributed by atoms with van der Waals surface area (Å²) in [6, 6.07) is 3.48. The van der Waals surface area contributed by atoms with Crippen molar-refractivity contribution in [3.05, 3.63) is 23.9 Å². The number of nitrogens with one attached hydrogen (secondary N) is 1. The molecule has 1 aromatic heterocycles. The molecule has 0 spiro atoms. The Hall–Kier alpha value is -1.07. The highest BCUT2D eigenvalue weighted by atomic mass is 32.2. The maximum absolute atomic E-state index is 12.0. The minimum absolute atomic E-state index is 0.101. The van der Waals surface area contributed by atoms with Gasteiger partial charge in [-0.1, -0.05) is 13.8 Å². The summed E-state index contributed by atoms with van der Waals surface area (Å²) in [4.78, 5) is 16.2. The van der Waals surface area contributed by atoms with E-state index in [1.165, 1.54) is 11.8 Å². The number of rotatable bonds is 6. The van der Waals surface area contributed by atoms with Crippen LogP contribution < -0.4 is 5.32 Å². The summed E-state index contributed by atoms with van der Waals surface area (Å²) in [5.41, 5.74) is 0.492. The lowest BCUT2D eigenvalue weighted by molar-refractivity contribution is 0.0901. The molecule has 0 radical (unpaired) electrons. The van der Waals surface area contributed by atoms with Gasteiger partial charge in [-0.25, -0.2) is 4.98 Å². The lowest BCUT2D eigenvalue weighted by Crippen LogP contribution is -2.35. The van der Waals surface area contributed by atoms with Crippen LogP contribution in [0.25, 0.3) is 0 Å². The highest BCUT2D eigenvalue weighted by Gasteiger charge is 2.21. The molecule has 0 aliphatic rings. The van der Waals surface area contributed by atoms with Gasteiger partial charge < -0.3 is 10.4 Å². The molecule has 2 N–H and O–H groups in total. The van der Waals surface area contributed by atoms with Crippen LogP contribution >= 0.6 is 11.8 Å². The van der Waals surface area contributed by atoms with E-state index >= 15 is 0 Å². The fraction of sp³-hybridized carbons (Fsp3) is 0.571. The van der Waals surface area contributed by atoms with Gasteiger partial charge in [0.1, 0.15) is 0 Å². The molecule has 1 unspecified atom stereocenters. The summed E-state index contributed by atoms with van der Waals surface area (Å²) in [6.07, 6.45) is 3.85.